The molecule has 11 heteroatoms. The lowest BCUT2D eigenvalue weighted by Crippen LogP contribution is -2.54. The quantitative estimate of drug-likeness (QED) is 0.176. The van der Waals surface area contributed by atoms with Gasteiger partial charge in [0.1, 0.15) is 22.8 Å². The van der Waals surface area contributed by atoms with Gasteiger partial charge < -0.3 is 41.5 Å². The average Bonchev–Trinajstić information content (AvgIpc) is 3.10. The van der Waals surface area contributed by atoms with Gasteiger partial charge in [-0.25, -0.2) is 0 Å². The van der Waals surface area contributed by atoms with Crippen molar-refractivity contribution in [2.75, 3.05) is 13.1 Å². The van der Waals surface area contributed by atoms with E-state index in [9.17, 15) is 39.9 Å². The summed E-state index contributed by atoms with van der Waals surface area (Å²) in [7, 11) is 0. The molecule has 0 radical (unpaired) electrons. The Morgan fingerprint density at radius 3 is 1.92 bits per heavy atom. The Morgan fingerprint density at radius 1 is 0.684 bits per heavy atom. The molecule has 0 bridgehead atoms. The summed E-state index contributed by atoms with van der Waals surface area (Å²) in [5.74, 6) is -4.08. The van der Waals surface area contributed by atoms with Gasteiger partial charge in [-0.3, -0.25) is 14.4 Å². The van der Waals surface area contributed by atoms with Crippen LogP contribution in [0.5, 0.6) is 28.7 Å². The number of hydrogen-bond acceptors (Lipinski definition) is 9. The van der Waals surface area contributed by atoms with Gasteiger partial charge in [-0.1, -0.05) is 0 Å². The van der Waals surface area contributed by atoms with Gasteiger partial charge in [0.2, 0.25) is 5.78 Å². The highest BCUT2D eigenvalue weighted by atomic mass is 16.3. The lowest BCUT2D eigenvalue weighted by atomic mass is 9.98. The standard InChI is InChI=1S/C27H27N3O8/c31-17-6-3-14(4-7-17)26(37)30-19-13-28-9-1-2-18(19)29-27(38)16-11-22(34)24(23(35)12-16)25(36)15-5-8-20(32)21(33)10-15/h3-8,10-12,18-19,28,31-35H,1-2,9,13H2,(H,29,38)(H,30,37). The summed E-state index contributed by atoms with van der Waals surface area (Å²) in [6.07, 6.45) is 1.26. The summed E-state index contributed by atoms with van der Waals surface area (Å²) in [5, 5.41) is 58.5. The van der Waals surface area contributed by atoms with Gasteiger partial charge in [0.25, 0.3) is 11.8 Å². The van der Waals surface area contributed by atoms with Crippen molar-refractivity contribution in [2.45, 2.75) is 24.9 Å². The fraction of sp³-hybridized carbons (Fsp3) is 0.222. The molecule has 8 N–H and O–H groups in total. The maximum Gasteiger partial charge on any atom is 0.251 e. The third-order valence-corrected chi connectivity index (χ3v) is 6.30. The lowest BCUT2D eigenvalue weighted by Gasteiger charge is -2.27. The van der Waals surface area contributed by atoms with Crippen molar-refractivity contribution in [3.8, 4) is 28.7 Å². The Kier molecular flexibility index (Phi) is 7.68. The minimum Gasteiger partial charge on any atom is -0.508 e. The number of nitrogens with one attached hydrogen (secondary N) is 3. The summed E-state index contributed by atoms with van der Waals surface area (Å²) in [4.78, 5) is 38.6. The summed E-state index contributed by atoms with van der Waals surface area (Å²) >= 11 is 0. The fourth-order valence-electron chi connectivity index (χ4n) is 4.27. The Bertz CT molecular complexity index is 1350. The Morgan fingerprint density at radius 2 is 1.26 bits per heavy atom. The molecule has 0 aliphatic carbocycles. The average molecular weight is 522 g/mol. The van der Waals surface area contributed by atoms with Gasteiger partial charge in [0.05, 0.1) is 12.1 Å². The normalized spacial score (nSPS) is 17.3. The zero-order valence-corrected chi connectivity index (χ0v) is 20.1. The maximum absolute atomic E-state index is 13.1. The Balaban J connectivity index is 1.51. The van der Waals surface area contributed by atoms with Gasteiger partial charge in [-0.05, 0) is 74.0 Å². The first-order valence-corrected chi connectivity index (χ1v) is 11.9. The first-order chi connectivity index (χ1) is 18.1. The zero-order valence-electron chi connectivity index (χ0n) is 20.1. The highest BCUT2D eigenvalue weighted by molar-refractivity contribution is 6.13. The van der Waals surface area contributed by atoms with E-state index in [4.69, 9.17) is 0 Å². The van der Waals surface area contributed by atoms with Crippen LogP contribution in [-0.2, 0) is 0 Å². The predicted molar refractivity (Wildman–Crippen MR) is 136 cm³/mol. The van der Waals surface area contributed by atoms with Gasteiger partial charge in [0.15, 0.2) is 11.5 Å². The molecule has 0 aromatic heterocycles. The molecule has 11 nitrogen and oxygen atoms in total. The number of carbonyl (C=O) groups is 3. The molecule has 1 aliphatic rings. The van der Waals surface area contributed by atoms with Crippen LogP contribution in [0, 0.1) is 0 Å². The third-order valence-electron chi connectivity index (χ3n) is 6.30. The van der Waals surface area contributed by atoms with Crippen LogP contribution >= 0.6 is 0 Å². The molecule has 2 amide bonds. The summed E-state index contributed by atoms with van der Waals surface area (Å²) in [6.45, 7) is 1.07. The van der Waals surface area contributed by atoms with Crippen molar-refractivity contribution in [2.24, 2.45) is 0 Å². The van der Waals surface area contributed by atoms with Crippen LogP contribution in [0.1, 0.15) is 49.5 Å². The van der Waals surface area contributed by atoms with Crippen LogP contribution in [0.2, 0.25) is 0 Å². The van der Waals surface area contributed by atoms with Crippen molar-refractivity contribution in [3.05, 3.63) is 76.9 Å². The summed E-state index contributed by atoms with van der Waals surface area (Å²) < 4.78 is 0. The topological polar surface area (TPSA) is 188 Å². The van der Waals surface area contributed by atoms with Gasteiger partial charge in [-0.2, -0.15) is 0 Å². The number of aromatic hydroxyl groups is 5. The number of phenols is 5. The van der Waals surface area contributed by atoms with Crippen LogP contribution in [0.25, 0.3) is 0 Å². The van der Waals surface area contributed by atoms with Crippen molar-refractivity contribution >= 4 is 17.6 Å². The molecule has 1 heterocycles. The molecule has 4 rings (SSSR count). The van der Waals surface area contributed by atoms with Gasteiger partial charge in [-0.15, -0.1) is 0 Å². The lowest BCUT2D eigenvalue weighted by molar-refractivity contribution is 0.0882. The van der Waals surface area contributed by atoms with E-state index >= 15 is 0 Å². The van der Waals surface area contributed by atoms with E-state index in [-0.39, 0.29) is 22.8 Å². The number of ketones is 1. The first kappa shape index (κ1) is 26.3. The van der Waals surface area contributed by atoms with E-state index < -0.39 is 52.3 Å². The molecule has 3 aromatic rings. The number of hydrogen-bond donors (Lipinski definition) is 8. The molecule has 0 saturated carbocycles. The van der Waals surface area contributed by atoms with Crippen LogP contribution in [0.4, 0.5) is 0 Å². The minimum absolute atomic E-state index is 0.0308. The van der Waals surface area contributed by atoms with Gasteiger partial charge in [0, 0.05) is 23.2 Å². The van der Waals surface area contributed by atoms with Gasteiger partial charge >= 0.3 is 0 Å². The maximum atomic E-state index is 13.1. The molecule has 2 atom stereocenters. The number of amides is 2. The minimum atomic E-state index is -0.825. The van der Waals surface area contributed by atoms with Crippen LogP contribution in [0.3, 0.4) is 0 Å². The fourth-order valence-corrected chi connectivity index (χ4v) is 4.27. The molecule has 0 spiro atoms. The van der Waals surface area contributed by atoms with Crippen LogP contribution < -0.4 is 16.0 Å². The second kappa shape index (κ2) is 11.1. The molecule has 2 unspecified atom stereocenters. The Hall–Kier alpha value is -4.77. The highest BCUT2D eigenvalue weighted by Crippen LogP contribution is 2.33. The second-order valence-electron chi connectivity index (χ2n) is 8.98. The molecule has 1 saturated heterocycles. The van der Waals surface area contributed by atoms with E-state index in [0.717, 1.165) is 30.7 Å². The van der Waals surface area contributed by atoms with E-state index in [1.807, 2.05) is 0 Å². The van der Waals surface area contributed by atoms with E-state index in [0.29, 0.717) is 25.1 Å². The smallest absolute Gasteiger partial charge is 0.251 e. The van der Waals surface area contributed by atoms with Crippen molar-refractivity contribution in [1.29, 1.82) is 0 Å². The van der Waals surface area contributed by atoms with Crippen LogP contribution in [0.15, 0.2) is 54.6 Å². The molecule has 3 aromatic carbocycles. The third kappa shape index (κ3) is 5.79. The number of benzene rings is 3. The van der Waals surface area contributed by atoms with Crippen molar-refractivity contribution in [3.63, 3.8) is 0 Å². The number of carbonyl (C=O) groups excluding carboxylic acids is 3. The largest absolute Gasteiger partial charge is 0.508 e. The first-order valence-electron chi connectivity index (χ1n) is 11.9. The number of phenolic OH excluding ortho intramolecular Hbond substituents is 5. The van der Waals surface area contributed by atoms with E-state index in [1.165, 1.54) is 30.3 Å². The van der Waals surface area contributed by atoms with Crippen molar-refractivity contribution in [1.82, 2.24) is 16.0 Å². The SMILES string of the molecule is O=C(NC1CCCNCC1NC(=O)c1ccc(O)cc1)c1cc(O)c(C(=O)c2ccc(O)c(O)c2)c(O)c1. The predicted octanol–water partition coefficient (Wildman–Crippen LogP) is 1.73. The molecule has 38 heavy (non-hydrogen) atoms. The molecular formula is C27H27N3O8. The molecular weight excluding hydrogens is 494 g/mol. The monoisotopic (exact) mass is 521 g/mol. The van der Waals surface area contributed by atoms with Crippen molar-refractivity contribution < 1.29 is 39.9 Å². The van der Waals surface area contributed by atoms with E-state index in [1.54, 1.807) is 0 Å². The highest BCUT2D eigenvalue weighted by Gasteiger charge is 2.28. The molecule has 1 aliphatic heterocycles. The summed E-state index contributed by atoms with van der Waals surface area (Å²) in [6, 6.07) is 10.2. The number of rotatable bonds is 6. The molecule has 198 valence electrons. The second-order valence-corrected chi connectivity index (χ2v) is 8.98. The zero-order chi connectivity index (χ0) is 27.4. The van der Waals surface area contributed by atoms with Crippen LogP contribution in [-0.4, -0.2) is 68.3 Å². The molecule has 1 fully saturated rings. The Labute approximate surface area is 217 Å². The van der Waals surface area contributed by atoms with E-state index in [2.05, 4.69) is 16.0 Å². The summed E-state index contributed by atoms with van der Waals surface area (Å²) in [5.41, 5.74) is -0.328.